The van der Waals surface area contributed by atoms with Crippen molar-refractivity contribution in [2.24, 2.45) is 5.73 Å². The Morgan fingerprint density at radius 1 is 1.45 bits per heavy atom. The van der Waals surface area contributed by atoms with E-state index in [1.54, 1.807) is 24.3 Å². The maximum atomic E-state index is 12.7. The van der Waals surface area contributed by atoms with Crippen molar-refractivity contribution < 1.29 is 9.59 Å². The van der Waals surface area contributed by atoms with Gasteiger partial charge in [0.25, 0.3) is 5.91 Å². The Kier molecular flexibility index (Phi) is 7.14. The molecule has 1 saturated heterocycles. The summed E-state index contributed by atoms with van der Waals surface area (Å²) in [6, 6.07) is 6.49. The standard InChI is InChI=1S/C15H22N4O2.ClH/c1-2-8-19(13-6-7-17-10-13)14(20)11-4-3-5-12(9-11)18-15(16)21;/h3-5,9,13,17H,2,6-8,10H2,1H3,(H3,16,18,21);1H. The molecule has 1 aliphatic heterocycles. The highest BCUT2D eigenvalue weighted by Crippen LogP contribution is 2.17. The van der Waals surface area contributed by atoms with Crippen LogP contribution in [-0.2, 0) is 0 Å². The first-order valence-corrected chi connectivity index (χ1v) is 7.30. The zero-order valence-electron chi connectivity index (χ0n) is 12.7. The van der Waals surface area contributed by atoms with Crippen molar-refractivity contribution in [2.45, 2.75) is 25.8 Å². The Bertz CT molecular complexity index is 518. The topological polar surface area (TPSA) is 87.5 Å². The number of benzene rings is 1. The molecule has 122 valence electrons. The first-order valence-electron chi connectivity index (χ1n) is 7.30. The first kappa shape index (κ1) is 18.3. The lowest BCUT2D eigenvalue weighted by atomic mass is 10.1. The molecule has 0 bridgehead atoms. The molecular weight excluding hydrogens is 304 g/mol. The minimum Gasteiger partial charge on any atom is -0.351 e. The number of hydrogen-bond donors (Lipinski definition) is 3. The second-order valence-electron chi connectivity index (χ2n) is 5.22. The lowest BCUT2D eigenvalue weighted by molar-refractivity contribution is 0.0692. The maximum absolute atomic E-state index is 12.7. The third-order valence-corrected chi connectivity index (χ3v) is 3.58. The van der Waals surface area contributed by atoms with Crippen molar-refractivity contribution in [3.63, 3.8) is 0 Å². The molecule has 1 atom stereocenters. The molecule has 2 rings (SSSR count). The van der Waals surface area contributed by atoms with Gasteiger partial charge in [0, 0.05) is 30.4 Å². The molecule has 1 heterocycles. The van der Waals surface area contributed by atoms with Crippen molar-refractivity contribution in [1.29, 1.82) is 0 Å². The van der Waals surface area contributed by atoms with Gasteiger partial charge >= 0.3 is 6.03 Å². The predicted octanol–water partition coefficient (Wildman–Crippen LogP) is 1.81. The number of nitrogens with two attached hydrogens (primary N) is 1. The zero-order chi connectivity index (χ0) is 15.2. The molecule has 0 spiro atoms. The number of urea groups is 1. The number of carbonyl (C=O) groups is 2. The highest BCUT2D eigenvalue weighted by molar-refractivity contribution is 5.96. The second-order valence-corrected chi connectivity index (χ2v) is 5.22. The Hall–Kier alpha value is -1.79. The van der Waals surface area contributed by atoms with E-state index >= 15 is 0 Å². The number of carbonyl (C=O) groups excluding carboxylic acids is 2. The number of primary amides is 1. The number of anilines is 1. The lowest BCUT2D eigenvalue weighted by Gasteiger charge is -2.28. The largest absolute Gasteiger partial charge is 0.351 e. The van der Waals surface area contributed by atoms with E-state index in [9.17, 15) is 9.59 Å². The third-order valence-electron chi connectivity index (χ3n) is 3.58. The van der Waals surface area contributed by atoms with Crippen LogP contribution in [0.2, 0.25) is 0 Å². The average molecular weight is 327 g/mol. The number of hydrogen-bond acceptors (Lipinski definition) is 3. The molecular formula is C15H23ClN4O2. The summed E-state index contributed by atoms with van der Waals surface area (Å²) in [6.45, 7) is 4.58. The van der Waals surface area contributed by atoms with Crippen molar-refractivity contribution >= 4 is 30.0 Å². The summed E-state index contributed by atoms with van der Waals surface area (Å²) in [4.78, 5) is 25.5. The van der Waals surface area contributed by atoms with Crippen molar-refractivity contribution in [3.05, 3.63) is 29.8 Å². The molecule has 6 nitrogen and oxygen atoms in total. The minimum absolute atomic E-state index is 0. The van der Waals surface area contributed by atoms with E-state index in [0.29, 0.717) is 11.3 Å². The molecule has 22 heavy (non-hydrogen) atoms. The molecule has 0 aromatic heterocycles. The van der Waals surface area contributed by atoms with Crippen LogP contribution in [0.1, 0.15) is 30.1 Å². The molecule has 0 radical (unpaired) electrons. The molecule has 0 saturated carbocycles. The van der Waals surface area contributed by atoms with Crippen LogP contribution in [0.3, 0.4) is 0 Å². The van der Waals surface area contributed by atoms with Crippen LogP contribution < -0.4 is 16.4 Å². The van der Waals surface area contributed by atoms with Gasteiger partial charge in [-0.25, -0.2) is 4.79 Å². The molecule has 1 aromatic rings. The summed E-state index contributed by atoms with van der Waals surface area (Å²) in [5.74, 6) is -0.00123. The van der Waals surface area contributed by atoms with E-state index in [1.165, 1.54) is 0 Å². The molecule has 4 N–H and O–H groups in total. The quantitative estimate of drug-likeness (QED) is 0.771. The smallest absolute Gasteiger partial charge is 0.316 e. The highest BCUT2D eigenvalue weighted by atomic mass is 35.5. The van der Waals surface area contributed by atoms with E-state index in [-0.39, 0.29) is 24.4 Å². The maximum Gasteiger partial charge on any atom is 0.316 e. The second kappa shape index (κ2) is 8.60. The van der Waals surface area contributed by atoms with E-state index in [2.05, 4.69) is 17.6 Å². The van der Waals surface area contributed by atoms with Crippen LogP contribution in [0.15, 0.2) is 24.3 Å². The van der Waals surface area contributed by atoms with Crippen LogP contribution in [0.5, 0.6) is 0 Å². The molecule has 1 fully saturated rings. The van der Waals surface area contributed by atoms with E-state index in [0.717, 1.165) is 32.5 Å². The number of amides is 3. The van der Waals surface area contributed by atoms with Gasteiger partial charge in [-0.1, -0.05) is 13.0 Å². The van der Waals surface area contributed by atoms with Gasteiger partial charge in [-0.2, -0.15) is 0 Å². The van der Waals surface area contributed by atoms with Crippen LogP contribution in [0, 0.1) is 0 Å². The summed E-state index contributed by atoms with van der Waals surface area (Å²) in [7, 11) is 0. The van der Waals surface area contributed by atoms with Crippen molar-refractivity contribution in [2.75, 3.05) is 25.0 Å². The Labute approximate surface area is 136 Å². The molecule has 1 unspecified atom stereocenters. The summed E-state index contributed by atoms with van der Waals surface area (Å²) in [6.07, 6.45) is 1.90. The van der Waals surface area contributed by atoms with Gasteiger partial charge < -0.3 is 21.3 Å². The van der Waals surface area contributed by atoms with Crippen LogP contribution in [0.4, 0.5) is 10.5 Å². The van der Waals surface area contributed by atoms with Gasteiger partial charge in [-0.3, -0.25) is 4.79 Å². The fraction of sp³-hybridized carbons (Fsp3) is 0.467. The van der Waals surface area contributed by atoms with Gasteiger partial charge in [-0.15, -0.1) is 12.4 Å². The predicted molar refractivity (Wildman–Crippen MR) is 89.5 cm³/mol. The summed E-state index contributed by atoms with van der Waals surface area (Å²) >= 11 is 0. The van der Waals surface area contributed by atoms with Gasteiger partial charge in [0.05, 0.1) is 0 Å². The van der Waals surface area contributed by atoms with Crippen LogP contribution in [0.25, 0.3) is 0 Å². The molecule has 0 aliphatic carbocycles. The summed E-state index contributed by atoms with van der Waals surface area (Å²) < 4.78 is 0. The van der Waals surface area contributed by atoms with Crippen molar-refractivity contribution in [1.82, 2.24) is 10.2 Å². The fourth-order valence-corrected chi connectivity index (χ4v) is 2.63. The number of nitrogens with one attached hydrogen (secondary N) is 2. The third kappa shape index (κ3) is 4.61. The van der Waals surface area contributed by atoms with Gasteiger partial charge in [0.1, 0.15) is 0 Å². The Morgan fingerprint density at radius 3 is 2.82 bits per heavy atom. The van der Waals surface area contributed by atoms with E-state index in [4.69, 9.17) is 5.73 Å². The fourth-order valence-electron chi connectivity index (χ4n) is 2.63. The molecule has 7 heteroatoms. The number of rotatable bonds is 5. The zero-order valence-corrected chi connectivity index (χ0v) is 13.5. The molecule has 3 amide bonds. The van der Waals surface area contributed by atoms with Gasteiger partial charge in [0.15, 0.2) is 0 Å². The SMILES string of the molecule is CCCN(C(=O)c1cccc(NC(N)=O)c1)C1CCNC1.Cl. The van der Waals surface area contributed by atoms with E-state index < -0.39 is 6.03 Å². The normalized spacial score (nSPS) is 16.7. The van der Waals surface area contributed by atoms with Crippen molar-refractivity contribution in [3.8, 4) is 0 Å². The molecule has 1 aliphatic rings. The lowest BCUT2D eigenvalue weighted by Crippen LogP contribution is -2.42. The van der Waals surface area contributed by atoms with Gasteiger partial charge in [-0.05, 0) is 37.6 Å². The number of halogens is 1. The monoisotopic (exact) mass is 326 g/mol. The molecule has 1 aromatic carbocycles. The Morgan fingerprint density at radius 2 is 2.23 bits per heavy atom. The minimum atomic E-state index is -0.634. The summed E-state index contributed by atoms with van der Waals surface area (Å²) in [5, 5.41) is 5.78. The van der Waals surface area contributed by atoms with Crippen LogP contribution >= 0.6 is 12.4 Å². The van der Waals surface area contributed by atoms with Crippen LogP contribution in [-0.4, -0.2) is 42.5 Å². The highest BCUT2D eigenvalue weighted by Gasteiger charge is 2.26. The first-order chi connectivity index (χ1) is 10.1. The average Bonchev–Trinajstić information content (AvgIpc) is 2.97. The van der Waals surface area contributed by atoms with Gasteiger partial charge in [0.2, 0.25) is 0 Å². The van der Waals surface area contributed by atoms with E-state index in [1.807, 2.05) is 4.90 Å². The summed E-state index contributed by atoms with van der Waals surface area (Å²) in [5.41, 5.74) is 6.21. The Balaban J connectivity index is 0.00000242. The number of nitrogens with zero attached hydrogens (tertiary/aromatic N) is 1.